The molecule has 4 rings (SSSR count). The fraction of sp³-hybridized carbons (Fsp3) is 0.222. The molecule has 0 bridgehead atoms. The minimum atomic E-state index is -0.598. The normalized spacial score (nSPS) is 12.6. The second-order valence-corrected chi connectivity index (χ2v) is 5.88. The summed E-state index contributed by atoms with van der Waals surface area (Å²) >= 11 is 0. The molecule has 1 aromatic carbocycles. The maximum absolute atomic E-state index is 12.6. The lowest BCUT2D eigenvalue weighted by Crippen LogP contribution is -2.42. The number of ether oxygens (including phenoxy) is 1. The van der Waals surface area contributed by atoms with E-state index in [4.69, 9.17) is 9.15 Å². The summed E-state index contributed by atoms with van der Waals surface area (Å²) < 4.78 is 13.2. The molecule has 0 unspecified atom stereocenters. The topological polar surface area (TPSA) is 103 Å². The maximum Gasteiger partial charge on any atom is 0.399 e. The second kappa shape index (κ2) is 6.37. The third-order valence-electron chi connectivity index (χ3n) is 4.24. The predicted molar refractivity (Wildman–Crippen MR) is 90.1 cm³/mol. The van der Waals surface area contributed by atoms with Crippen LogP contribution in [0.15, 0.2) is 50.6 Å². The predicted octanol–water partition coefficient (Wildman–Crippen LogP) is 1.66. The Hall–Kier alpha value is -3.60. The van der Waals surface area contributed by atoms with Gasteiger partial charge in [0.2, 0.25) is 0 Å². The smallest absolute Gasteiger partial charge is 0.399 e. The fourth-order valence-electron chi connectivity index (χ4n) is 3.05. The molecule has 2 aromatic heterocycles. The van der Waals surface area contributed by atoms with E-state index in [1.54, 1.807) is 12.1 Å². The number of nitrogens with zero attached hydrogens (tertiary/aromatic N) is 4. The first-order valence-electron chi connectivity index (χ1n) is 8.11. The Labute approximate surface area is 147 Å². The minimum absolute atomic E-state index is 0.0148. The molecule has 26 heavy (non-hydrogen) atoms. The van der Waals surface area contributed by atoms with Gasteiger partial charge >= 0.3 is 11.8 Å². The van der Waals surface area contributed by atoms with E-state index in [1.165, 1.54) is 10.8 Å². The number of fused-ring (bicyclic) bond motifs is 1. The Balaban J connectivity index is 1.66. The zero-order valence-electron chi connectivity index (χ0n) is 13.7. The highest BCUT2D eigenvalue weighted by Crippen LogP contribution is 2.20. The van der Waals surface area contributed by atoms with Gasteiger partial charge in [0, 0.05) is 12.2 Å². The Kier molecular flexibility index (Phi) is 3.89. The molecular weight excluding hydrogens is 336 g/mol. The molecule has 0 aliphatic carbocycles. The standard InChI is InChI=1S/C18H14N4O4/c19-9-14-15-7-4-8-21(15)18(24)22(16(14)23)10-12-11-25-17(20-12)26-13-5-2-1-3-6-13/h1-3,5-6,11H,4,7-8,10H2. The molecule has 0 fully saturated rings. The quantitative estimate of drug-likeness (QED) is 0.709. The van der Waals surface area contributed by atoms with Crippen LogP contribution in [0, 0.1) is 11.3 Å². The van der Waals surface area contributed by atoms with Crippen molar-refractivity contribution < 1.29 is 9.15 Å². The van der Waals surface area contributed by atoms with E-state index in [0.717, 1.165) is 11.0 Å². The SMILES string of the molecule is N#Cc1c2n(c(=O)n(Cc3coc(Oc4ccccc4)n3)c1=O)CCC2. The second-order valence-electron chi connectivity index (χ2n) is 5.88. The highest BCUT2D eigenvalue weighted by molar-refractivity contribution is 5.33. The number of aromatic nitrogens is 3. The van der Waals surface area contributed by atoms with Crippen LogP contribution in [-0.4, -0.2) is 14.1 Å². The van der Waals surface area contributed by atoms with Crippen LogP contribution in [0.4, 0.5) is 0 Å². The monoisotopic (exact) mass is 350 g/mol. The van der Waals surface area contributed by atoms with Gasteiger partial charge in [-0.05, 0) is 25.0 Å². The summed E-state index contributed by atoms with van der Waals surface area (Å²) in [5.41, 5.74) is -0.134. The molecule has 1 aliphatic rings. The van der Waals surface area contributed by atoms with Crippen LogP contribution in [0.5, 0.6) is 11.8 Å². The van der Waals surface area contributed by atoms with E-state index < -0.39 is 11.2 Å². The Morgan fingerprint density at radius 1 is 1.27 bits per heavy atom. The van der Waals surface area contributed by atoms with Crippen molar-refractivity contribution in [2.45, 2.75) is 25.9 Å². The zero-order valence-corrected chi connectivity index (χ0v) is 13.7. The van der Waals surface area contributed by atoms with E-state index in [1.807, 2.05) is 24.3 Å². The van der Waals surface area contributed by atoms with Gasteiger partial charge in [-0.3, -0.25) is 13.9 Å². The van der Waals surface area contributed by atoms with Crippen LogP contribution in [0.3, 0.4) is 0 Å². The molecule has 0 radical (unpaired) electrons. The molecule has 1 aliphatic heterocycles. The van der Waals surface area contributed by atoms with Crippen molar-refractivity contribution >= 4 is 0 Å². The van der Waals surface area contributed by atoms with E-state index in [-0.39, 0.29) is 18.2 Å². The van der Waals surface area contributed by atoms with Crippen molar-refractivity contribution in [2.24, 2.45) is 0 Å². The third kappa shape index (κ3) is 2.69. The van der Waals surface area contributed by atoms with Crippen molar-refractivity contribution in [1.29, 1.82) is 5.26 Å². The first kappa shape index (κ1) is 15.9. The van der Waals surface area contributed by atoms with Gasteiger partial charge in [-0.1, -0.05) is 18.2 Å². The van der Waals surface area contributed by atoms with Crippen molar-refractivity contribution in [1.82, 2.24) is 14.1 Å². The number of nitriles is 1. The molecule has 8 nitrogen and oxygen atoms in total. The lowest BCUT2D eigenvalue weighted by atomic mass is 10.2. The number of benzene rings is 1. The maximum atomic E-state index is 12.6. The van der Waals surface area contributed by atoms with E-state index in [2.05, 4.69) is 4.98 Å². The van der Waals surface area contributed by atoms with Crippen molar-refractivity contribution in [3.63, 3.8) is 0 Å². The van der Waals surface area contributed by atoms with Crippen LogP contribution in [0.2, 0.25) is 0 Å². The molecule has 0 atom stereocenters. The summed E-state index contributed by atoms with van der Waals surface area (Å²) in [5, 5.41) is 9.30. The number of rotatable bonds is 4. The van der Waals surface area contributed by atoms with E-state index in [9.17, 15) is 14.9 Å². The van der Waals surface area contributed by atoms with Gasteiger partial charge in [0.1, 0.15) is 29.3 Å². The highest BCUT2D eigenvalue weighted by Gasteiger charge is 2.23. The Morgan fingerprint density at radius 3 is 2.85 bits per heavy atom. The number of para-hydroxylation sites is 1. The van der Waals surface area contributed by atoms with Crippen molar-refractivity contribution in [3.05, 3.63) is 74.4 Å². The third-order valence-corrected chi connectivity index (χ3v) is 4.24. The van der Waals surface area contributed by atoms with Crippen LogP contribution in [-0.2, 0) is 19.5 Å². The molecule has 0 saturated carbocycles. The lowest BCUT2D eigenvalue weighted by Gasteiger charge is -2.09. The summed E-state index contributed by atoms with van der Waals surface area (Å²) in [6.07, 6.45) is 2.65. The van der Waals surface area contributed by atoms with Crippen LogP contribution < -0.4 is 16.0 Å². The molecule has 0 spiro atoms. The van der Waals surface area contributed by atoms with E-state index in [0.29, 0.717) is 30.1 Å². The van der Waals surface area contributed by atoms with Gasteiger partial charge in [-0.2, -0.15) is 10.2 Å². The largest absolute Gasteiger partial charge is 0.417 e. The van der Waals surface area contributed by atoms with Gasteiger partial charge < -0.3 is 9.15 Å². The molecule has 3 aromatic rings. The Morgan fingerprint density at radius 2 is 2.08 bits per heavy atom. The van der Waals surface area contributed by atoms with E-state index >= 15 is 0 Å². The van der Waals surface area contributed by atoms with Crippen LogP contribution in [0.25, 0.3) is 0 Å². The average molecular weight is 350 g/mol. The van der Waals surface area contributed by atoms with Gasteiger partial charge in [-0.15, -0.1) is 0 Å². The van der Waals surface area contributed by atoms with Crippen molar-refractivity contribution in [3.8, 4) is 17.9 Å². The molecule has 3 heterocycles. The summed E-state index contributed by atoms with van der Waals surface area (Å²) in [7, 11) is 0. The summed E-state index contributed by atoms with van der Waals surface area (Å²) in [6.45, 7) is 0.415. The zero-order chi connectivity index (χ0) is 18.1. The van der Waals surface area contributed by atoms with Gasteiger partial charge in [0.25, 0.3) is 5.56 Å². The van der Waals surface area contributed by atoms with Gasteiger partial charge in [0.15, 0.2) is 0 Å². The van der Waals surface area contributed by atoms with Crippen LogP contribution in [0.1, 0.15) is 23.4 Å². The summed E-state index contributed by atoms with van der Waals surface area (Å²) in [6, 6.07) is 10.9. The minimum Gasteiger partial charge on any atom is -0.417 e. The number of hydrogen-bond acceptors (Lipinski definition) is 6. The average Bonchev–Trinajstić information content (AvgIpc) is 3.30. The Bertz CT molecular complexity index is 1120. The molecular formula is C18H14N4O4. The van der Waals surface area contributed by atoms with Gasteiger partial charge in [0.05, 0.1) is 6.54 Å². The first-order chi connectivity index (χ1) is 12.7. The van der Waals surface area contributed by atoms with Gasteiger partial charge in [-0.25, -0.2) is 4.79 Å². The molecule has 130 valence electrons. The fourth-order valence-corrected chi connectivity index (χ4v) is 3.05. The molecule has 0 N–H and O–H groups in total. The number of hydrogen-bond donors (Lipinski definition) is 0. The molecule has 0 amide bonds. The first-order valence-corrected chi connectivity index (χ1v) is 8.11. The number of oxazole rings is 1. The van der Waals surface area contributed by atoms with Crippen molar-refractivity contribution in [2.75, 3.05) is 0 Å². The summed E-state index contributed by atoms with van der Waals surface area (Å²) in [5.74, 6) is 0.558. The molecule has 8 heteroatoms. The summed E-state index contributed by atoms with van der Waals surface area (Å²) in [4.78, 5) is 29.3. The molecule has 0 saturated heterocycles. The lowest BCUT2D eigenvalue weighted by molar-refractivity contribution is 0.330. The van der Waals surface area contributed by atoms with Crippen LogP contribution >= 0.6 is 0 Å². The highest BCUT2D eigenvalue weighted by atomic mass is 16.6.